The largest absolute Gasteiger partial charge is 0.493 e. The van der Waals surface area contributed by atoms with Gasteiger partial charge in [-0.3, -0.25) is 9.59 Å². The highest BCUT2D eigenvalue weighted by Crippen LogP contribution is 2.52. The van der Waals surface area contributed by atoms with Crippen molar-refractivity contribution in [1.29, 1.82) is 0 Å². The number of nitrogens with two attached hydrogens (primary N) is 1. The van der Waals surface area contributed by atoms with Gasteiger partial charge in [-0.1, -0.05) is 6.92 Å². The molecule has 4 aliphatic rings. The molecule has 0 radical (unpaired) electrons. The number of thiophene rings is 1. The zero-order valence-electron chi connectivity index (χ0n) is 24.7. The maximum Gasteiger partial charge on any atom is 0.357 e. The number of hydrogen-bond donors (Lipinski definition) is 3. The lowest BCUT2D eigenvalue weighted by atomic mass is 9.57. The second-order valence-corrected chi connectivity index (χ2v) is 13.0. The molecule has 3 heterocycles. The minimum atomic E-state index is -0.695. The van der Waals surface area contributed by atoms with Gasteiger partial charge in [-0.05, 0) is 98.2 Å². The Morgan fingerprint density at radius 3 is 2.49 bits per heavy atom. The van der Waals surface area contributed by atoms with Crippen molar-refractivity contribution in [3.63, 3.8) is 0 Å². The molecule has 7 rings (SSSR count). The second kappa shape index (κ2) is 11.7. The highest BCUT2D eigenvalue weighted by Gasteiger charge is 2.48. The van der Waals surface area contributed by atoms with E-state index in [1.807, 2.05) is 19.1 Å². The number of nitrogens with one attached hydrogen (secondary N) is 2. The number of hydrogen-bond acceptors (Lipinski definition) is 8. The van der Waals surface area contributed by atoms with Crippen LogP contribution in [0.4, 0.5) is 0 Å². The Balaban J connectivity index is 1.46. The molecule has 3 saturated carbocycles. The van der Waals surface area contributed by atoms with Gasteiger partial charge < -0.3 is 25.8 Å². The van der Waals surface area contributed by atoms with Gasteiger partial charge in [0.15, 0.2) is 5.69 Å². The molecule has 2 bridgehead atoms. The summed E-state index contributed by atoms with van der Waals surface area (Å²) in [5.74, 6) is -0.647. The van der Waals surface area contributed by atoms with E-state index in [-0.39, 0.29) is 34.2 Å². The van der Waals surface area contributed by atoms with Gasteiger partial charge in [0, 0.05) is 45.6 Å². The van der Waals surface area contributed by atoms with E-state index in [0.29, 0.717) is 42.1 Å². The van der Waals surface area contributed by atoms with Gasteiger partial charge in [0.25, 0.3) is 11.8 Å². The lowest BCUT2D eigenvalue weighted by Crippen LogP contribution is -2.58. The predicted molar refractivity (Wildman–Crippen MR) is 166 cm³/mol. The number of pyridine rings is 1. The summed E-state index contributed by atoms with van der Waals surface area (Å²) in [4.78, 5) is 45.6. The van der Waals surface area contributed by atoms with Crippen LogP contribution in [0.5, 0.6) is 5.75 Å². The highest BCUT2D eigenvalue weighted by atomic mass is 32.1. The van der Waals surface area contributed by atoms with Crippen molar-refractivity contribution in [2.75, 3.05) is 26.8 Å². The standard InChI is InChI=1S/C33H38N4O5S/c1-3-14-35-30(39)25-5-4-21(27(36-25)31(40)41-2)22-18-26-24(28-20(6-15-42-26)7-16-43-28)17-23(22)29(38)37-33-11-8-32(19-34,9-12-33)10-13-33/h4-5,7,16-18H,3,6,8-15,19,34H2,1-2H3,(H,35,39)(H,37,38). The number of nitrogens with zero attached hydrogens (tertiary/aromatic N) is 1. The fourth-order valence-corrected chi connectivity index (χ4v) is 7.75. The summed E-state index contributed by atoms with van der Waals surface area (Å²) in [6, 6.07) is 9.06. The van der Waals surface area contributed by atoms with E-state index in [0.717, 1.165) is 61.8 Å². The predicted octanol–water partition coefficient (Wildman–Crippen LogP) is 5.12. The Morgan fingerprint density at radius 1 is 1.02 bits per heavy atom. The molecule has 0 atom stereocenters. The Kier molecular flexibility index (Phi) is 8.00. The van der Waals surface area contributed by atoms with E-state index in [1.165, 1.54) is 12.7 Å². The molecule has 1 aromatic carbocycles. The first-order chi connectivity index (χ1) is 20.8. The van der Waals surface area contributed by atoms with Gasteiger partial charge in [-0.25, -0.2) is 9.78 Å². The average Bonchev–Trinajstić information content (AvgIpc) is 3.44. The SMILES string of the molecule is CCCNC(=O)c1ccc(-c2cc3c(cc2C(=O)NC24CCC(CN)(CC2)CC4)-c2sccc2CCO3)c(C(=O)OC)n1. The third kappa shape index (κ3) is 5.42. The number of carbonyl (C=O) groups excluding carboxylic acids is 3. The number of rotatable bonds is 8. The zero-order chi connectivity index (χ0) is 30.2. The van der Waals surface area contributed by atoms with Crippen LogP contribution in [0.1, 0.15) is 88.8 Å². The second-order valence-electron chi connectivity index (χ2n) is 12.0. The molecule has 3 aromatic rings. The van der Waals surface area contributed by atoms with Crippen LogP contribution in [0.25, 0.3) is 21.6 Å². The Labute approximate surface area is 255 Å². The van der Waals surface area contributed by atoms with Gasteiger partial charge in [-0.15, -0.1) is 11.3 Å². The monoisotopic (exact) mass is 602 g/mol. The number of amides is 2. The molecular formula is C33H38N4O5S. The van der Waals surface area contributed by atoms with Crippen LogP contribution in [0.3, 0.4) is 0 Å². The normalized spacial score (nSPS) is 22.0. The summed E-state index contributed by atoms with van der Waals surface area (Å²) in [5, 5.41) is 8.28. The molecule has 0 spiro atoms. The molecule has 0 saturated heterocycles. The maximum absolute atomic E-state index is 14.3. The van der Waals surface area contributed by atoms with Crippen LogP contribution < -0.4 is 21.1 Å². The minimum Gasteiger partial charge on any atom is -0.493 e. The summed E-state index contributed by atoms with van der Waals surface area (Å²) in [5.41, 5.74) is 9.48. The fourth-order valence-electron chi connectivity index (χ4n) is 6.78. The van der Waals surface area contributed by atoms with Crippen molar-refractivity contribution in [2.24, 2.45) is 11.1 Å². The minimum absolute atomic E-state index is 0.0349. The molecule has 3 fully saturated rings. The Hall–Kier alpha value is -3.76. The van der Waals surface area contributed by atoms with E-state index in [1.54, 1.807) is 23.5 Å². The number of ether oxygens (including phenoxy) is 2. The van der Waals surface area contributed by atoms with Gasteiger partial charge in [0.1, 0.15) is 11.4 Å². The first kappa shape index (κ1) is 29.3. The fraction of sp³-hybridized carbons (Fsp3) is 0.455. The van der Waals surface area contributed by atoms with Crippen molar-refractivity contribution in [2.45, 2.75) is 63.8 Å². The van der Waals surface area contributed by atoms with E-state index in [9.17, 15) is 14.4 Å². The van der Waals surface area contributed by atoms with Crippen LogP contribution in [0, 0.1) is 5.41 Å². The number of aromatic nitrogens is 1. The highest BCUT2D eigenvalue weighted by molar-refractivity contribution is 7.13. The topological polar surface area (TPSA) is 133 Å². The maximum atomic E-state index is 14.3. The lowest BCUT2D eigenvalue weighted by molar-refractivity contribution is 0.0280. The summed E-state index contributed by atoms with van der Waals surface area (Å²) in [6.07, 6.45) is 7.22. The Morgan fingerprint density at radius 2 is 1.79 bits per heavy atom. The third-order valence-corrected chi connectivity index (χ3v) is 10.5. The molecular weight excluding hydrogens is 564 g/mol. The number of benzene rings is 1. The van der Waals surface area contributed by atoms with E-state index in [4.69, 9.17) is 15.2 Å². The quantitative estimate of drug-likeness (QED) is 0.305. The molecule has 10 heteroatoms. The van der Waals surface area contributed by atoms with Crippen molar-refractivity contribution >= 4 is 29.1 Å². The molecule has 1 aliphatic heterocycles. The van der Waals surface area contributed by atoms with Crippen molar-refractivity contribution in [3.8, 4) is 27.3 Å². The summed E-state index contributed by atoms with van der Waals surface area (Å²) in [7, 11) is 1.27. The van der Waals surface area contributed by atoms with E-state index < -0.39 is 5.97 Å². The summed E-state index contributed by atoms with van der Waals surface area (Å²) < 4.78 is 11.3. The van der Waals surface area contributed by atoms with Crippen molar-refractivity contribution < 1.29 is 23.9 Å². The van der Waals surface area contributed by atoms with Gasteiger partial charge in [0.05, 0.1) is 13.7 Å². The van der Waals surface area contributed by atoms with Gasteiger partial charge in [0.2, 0.25) is 0 Å². The molecule has 43 heavy (non-hydrogen) atoms. The van der Waals surface area contributed by atoms with Crippen LogP contribution in [0.2, 0.25) is 0 Å². The summed E-state index contributed by atoms with van der Waals surface area (Å²) >= 11 is 1.62. The summed E-state index contributed by atoms with van der Waals surface area (Å²) in [6.45, 7) is 3.62. The first-order valence-electron chi connectivity index (χ1n) is 15.1. The van der Waals surface area contributed by atoms with Gasteiger partial charge >= 0.3 is 5.97 Å². The first-order valence-corrected chi connectivity index (χ1v) is 16.0. The molecule has 0 unspecified atom stereocenters. The van der Waals surface area contributed by atoms with Gasteiger partial charge in [-0.2, -0.15) is 0 Å². The van der Waals surface area contributed by atoms with Crippen molar-refractivity contribution in [1.82, 2.24) is 15.6 Å². The average molecular weight is 603 g/mol. The van der Waals surface area contributed by atoms with Crippen LogP contribution in [-0.4, -0.2) is 55.1 Å². The molecule has 2 amide bonds. The van der Waals surface area contributed by atoms with E-state index in [2.05, 4.69) is 27.1 Å². The smallest absolute Gasteiger partial charge is 0.357 e. The zero-order valence-corrected chi connectivity index (χ0v) is 25.5. The molecule has 9 nitrogen and oxygen atoms in total. The number of fused-ring (bicyclic) bond motifs is 6. The van der Waals surface area contributed by atoms with Crippen LogP contribution >= 0.6 is 11.3 Å². The number of methoxy groups -OCH3 is 1. The van der Waals surface area contributed by atoms with Crippen LogP contribution in [-0.2, 0) is 11.2 Å². The van der Waals surface area contributed by atoms with Crippen molar-refractivity contribution in [3.05, 3.63) is 58.2 Å². The lowest BCUT2D eigenvalue weighted by Gasteiger charge is -2.53. The molecule has 4 N–H and O–H groups in total. The number of esters is 1. The van der Waals surface area contributed by atoms with Crippen LogP contribution in [0.15, 0.2) is 35.7 Å². The molecule has 3 aliphatic carbocycles. The molecule has 226 valence electrons. The molecule has 2 aromatic heterocycles. The van der Waals surface area contributed by atoms with E-state index >= 15 is 0 Å². The Bertz CT molecular complexity index is 1560. The third-order valence-electron chi connectivity index (χ3n) is 9.53. The number of carbonyl (C=O) groups is 3.